The summed E-state index contributed by atoms with van der Waals surface area (Å²) in [7, 11) is 1.96. The summed E-state index contributed by atoms with van der Waals surface area (Å²) in [6.07, 6.45) is 7.14. The summed E-state index contributed by atoms with van der Waals surface area (Å²) in [6.45, 7) is 7.74. The summed E-state index contributed by atoms with van der Waals surface area (Å²) >= 11 is 3.46. The average molecular weight is 310 g/mol. The van der Waals surface area contributed by atoms with Gasteiger partial charge >= 0.3 is 0 Å². The molecule has 0 unspecified atom stereocenters. The lowest BCUT2D eigenvalue weighted by Gasteiger charge is -2.24. The van der Waals surface area contributed by atoms with Crippen LogP contribution >= 0.6 is 15.9 Å². The highest BCUT2D eigenvalue weighted by atomic mass is 79.9. The van der Waals surface area contributed by atoms with E-state index in [0.29, 0.717) is 6.54 Å². The Hall–Kier alpha value is -1.05. The minimum absolute atomic E-state index is 0.0737. The van der Waals surface area contributed by atoms with E-state index in [4.69, 9.17) is 6.42 Å². The van der Waals surface area contributed by atoms with Crippen molar-refractivity contribution in [1.29, 1.82) is 0 Å². The number of hydrogen-bond acceptors (Lipinski definition) is 3. The van der Waals surface area contributed by atoms with Crippen LogP contribution in [0.3, 0.4) is 0 Å². The first kappa shape index (κ1) is 15.0. The van der Waals surface area contributed by atoms with Crippen molar-refractivity contribution in [3.05, 3.63) is 22.3 Å². The number of nitrogens with zero attached hydrogens (tertiary/aromatic N) is 2. The minimum Gasteiger partial charge on any atom is -0.348 e. The highest BCUT2D eigenvalue weighted by Gasteiger charge is 2.13. The smallest absolute Gasteiger partial charge is 0.133 e. The molecule has 0 aliphatic heterocycles. The molecule has 1 heterocycles. The van der Waals surface area contributed by atoms with Gasteiger partial charge in [0.1, 0.15) is 5.82 Å². The van der Waals surface area contributed by atoms with Crippen LogP contribution in [0, 0.1) is 12.3 Å². The van der Waals surface area contributed by atoms with Crippen LogP contribution in [-0.4, -0.2) is 24.1 Å². The second-order valence-corrected chi connectivity index (χ2v) is 6.22. The third-order valence-electron chi connectivity index (χ3n) is 2.41. The maximum absolute atomic E-state index is 5.35. The molecule has 0 radical (unpaired) electrons. The summed E-state index contributed by atoms with van der Waals surface area (Å²) in [6, 6.07) is 2.08. The molecule has 0 saturated carbocycles. The highest BCUT2D eigenvalue weighted by molar-refractivity contribution is 9.10. The Balaban J connectivity index is 2.94. The van der Waals surface area contributed by atoms with E-state index in [-0.39, 0.29) is 5.54 Å². The molecule has 1 aromatic heterocycles. The number of nitrogens with one attached hydrogen (secondary N) is 1. The SMILES string of the molecule is C#CCN(C)c1ncc(Br)cc1CNC(C)(C)C. The molecule has 18 heavy (non-hydrogen) atoms. The van der Waals surface area contributed by atoms with Crippen molar-refractivity contribution in [2.45, 2.75) is 32.9 Å². The largest absolute Gasteiger partial charge is 0.348 e. The van der Waals surface area contributed by atoms with E-state index in [1.54, 1.807) is 6.20 Å². The molecule has 0 aliphatic rings. The van der Waals surface area contributed by atoms with Crippen molar-refractivity contribution in [1.82, 2.24) is 10.3 Å². The summed E-state index contributed by atoms with van der Waals surface area (Å²) in [5.74, 6) is 3.56. The summed E-state index contributed by atoms with van der Waals surface area (Å²) in [5, 5.41) is 3.46. The van der Waals surface area contributed by atoms with Gasteiger partial charge in [0, 0.05) is 35.4 Å². The van der Waals surface area contributed by atoms with Gasteiger partial charge in [-0.2, -0.15) is 0 Å². The first-order valence-corrected chi connectivity index (χ1v) is 6.67. The van der Waals surface area contributed by atoms with Crippen LogP contribution < -0.4 is 10.2 Å². The first-order valence-electron chi connectivity index (χ1n) is 5.87. The fraction of sp³-hybridized carbons (Fsp3) is 0.500. The third kappa shape index (κ3) is 4.67. The first-order chi connectivity index (χ1) is 8.33. The zero-order valence-electron chi connectivity index (χ0n) is 11.4. The van der Waals surface area contributed by atoms with Gasteiger partial charge in [0.25, 0.3) is 0 Å². The van der Waals surface area contributed by atoms with E-state index in [2.05, 4.69) is 59.0 Å². The molecule has 1 rings (SSSR count). The molecule has 0 saturated heterocycles. The number of halogens is 1. The molecule has 0 amide bonds. The molecule has 3 nitrogen and oxygen atoms in total. The lowest BCUT2D eigenvalue weighted by Crippen LogP contribution is -2.35. The fourth-order valence-electron chi connectivity index (χ4n) is 1.52. The number of anilines is 1. The molecule has 0 aromatic carbocycles. The molecule has 0 aliphatic carbocycles. The Morgan fingerprint density at radius 3 is 2.72 bits per heavy atom. The van der Waals surface area contributed by atoms with Crippen LogP contribution in [0.5, 0.6) is 0 Å². The molecule has 98 valence electrons. The molecule has 4 heteroatoms. The van der Waals surface area contributed by atoms with Crippen LogP contribution in [0.2, 0.25) is 0 Å². The normalized spacial score (nSPS) is 11.1. The van der Waals surface area contributed by atoms with Crippen molar-refractivity contribution in [2.75, 3.05) is 18.5 Å². The molecule has 1 aromatic rings. The van der Waals surface area contributed by atoms with E-state index in [0.717, 1.165) is 22.4 Å². The fourth-order valence-corrected chi connectivity index (χ4v) is 1.90. The molecule has 0 spiro atoms. The van der Waals surface area contributed by atoms with Crippen molar-refractivity contribution in [3.63, 3.8) is 0 Å². The van der Waals surface area contributed by atoms with Gasteiger partial charge in [0.15, 0.2) is 0 Å². The quantitative estimate of drug-likeness (QED) is 0.867. The number of terminal acetylenes is 1. The molecule has 0 fully saturated rings. The highest BCUT2D eigenvalue weighted by Crippen LogP contribution is 2.21. The van der Waals surface area contributed by atoms with Gasteiger partial charge in [0.2, 0.25) is 0 Å². The zero-order chi connectivity index (χ0) is 13.8. The van der Waals surface area contributed by atoms with Gasteiger partial charge in [-0.05, 0) is 42.8 Å². The van der Waals surface area contributed by atoms with Crippen LogP contribution in [-0.2, 0) is 6.54 Å². The Bertz CT molecular complexity index is 443. The Kier molecular flexibility index (Phi) is 5.18. The Morgan fingerprint density at radius 2 is 2.17 bits per heavy atom. The summed E-state index contributed by atoms with van der Waals surface area (Å²) < 4.78 is 0.978. The minimum atomic E-state index is 0.0737. The van der Waals surface area contributed by atoms with Crippen molar-refractivity contribution in [2.24, 2.45) is 0 Å². The van der Waals surface area contributed by atoms with Crippen molar-refractivity contribution in [3.8, 4) is 12.3 Å². The molecule has 0 atom stereocenters. The van der Waals surface area contributed by atoms with Crippen LogP contribution in [0.25, 0.3) is 0 Å². The monoisotopic (exact) mass is 309 g/mol. The van der Waals surface area contributed by atoms with Gasteiger partial charge < -0.3 is 10.2 Å². The average Bonchev–Trinajstić information content (AvgIpc) is 2.25. The predicted octanol–water partition coefficient (Wildman–Crippen LogP) is 2.80. The van der Waals surface area contributed by atoms with Gasteiger partial charge in [-0.1, -0.05) is 5.92 Å². The molecule has 1 N–H and O–H groups in total. The van der Waals surface area contributed by atoms with Gasteiger partial charge in [-0.25, -0.2) is 4.98 Å². The Labute approximate surface area is 118 Å². The zero-order valence-corrected chi connectivity index (χ0v) is 13.0. The molecule has 0 bridgehead atoms. The van der Waals surface area contributed by atoms with E-state index in [1.165, 1.54) is 0 Å². The van der Waals surface area contributed by atoms with Crippen molar-refractivity contribution < 1.29 is 0 Å². The van der Waals surface area contributed by atoms with Gasteiger partial charge in [-0.15, -0.1) is 6.42 Å². The van der Waals surface area contributed by atoms with E-state index in [1.807, 2.05) is 11.9 Å². The maximum atomic E-state index is 5.35. The molecular formula is C14H20BrN3. The number of rotatable bonds is 4. The van der Waals surface area contributed by atoms with E-state index >= 15 is 0 Å². The van der Waals surface area contributed by atoms with Crippen LogP contribution in [0.4, 0.5) is 5.82 Å². The molecular weight excluding hydrogens is 290 g/mol. The topological polar surface area (TPSA) is 28.2 Å². The summed E-state index contributed by atoms with van der Waals surface area (Å²) in [4.78, 5) is 6.42. The lowest BCUT2D eigenvalue weighted by atomic mass is 10.1. The third-order valence-corrected chi connectivity index (χ3v) is 2.84. The van der Waals surface area contributed by atoms with Crippen molar-refractivity contribution >= 4 is 21.7 Å². The number of aromatic nitrogens is 1. The lowest BCUT2D eigenvalue weighted by molar-refractivity contribution is 0.424. The number of hydrogen-bond donors (Lipinski definition) is 1. The van der Waals surface area contributed by atoms with Gasteiger partial charge in [-0.3, -0.25) is 0 Å². The second kappa shape index (κ2) is 6.21. The number of pyridine rings is 1. The van der Waals surface area contributed by atoms with Gasteiger partial charge in [0.05, 0.1) is 6.54 Å². The second-order valence-electron chi connectivity index (χ2n) is 5.30. The van der Waals surface area contributed by atoms with Crippen LogP contribution in [0.15, 0.2) is 16.7 Å². The van der Waals surface area contributed by atoms with E-state index in [9.17, 15) is 0 Å². The predicted molar refractivity (Wildman–Crippen MR) is 80.6 cm³/mol. The van der Waals surface area contributed by atoms with Crippen LogP contribution in [0.1, 0.15) is 26.3 Å². The van der Waals surface area contributed by atoms with E-state index < -0.39 is 0 Å². The maximum Gasteiger partial charge on any atom is 0.133 e. The standard InChI is InChI=1S/C14H20BrN3/c1-6-7-18(5)13-11(8-12(15)10-16-13)9-17-14(2,3)4/h1,8,10,17H,7,9H2,2-5H3. The summed E-state index contributed by atoms with van der Waals surface area (Å²) in [5.41, 5.74) is 1.21. The Morgan fingerprint density at radius 1 is 1.50 bits per heavy atom.